The van der Waals surface area contributed by atoms with Crippen molar-refractivity contribution in [2.24, 2.45) is 0 Å². The number of methoxy groups -OCH3 is 1. The van der Waals surface area contributed by atoms with E-state index in [1.165, 1.54) is 43.4 Å². The molecule has 0 radical (unpaired) electrons. The number of unbranched alkanes of at least 4 members (excludes halogenated alkanes) is 1. The topological polar surface area (TPSA) is 29.5 Å². The van der Waals surface area contributed by atoms with Gasteiger partial charge >= 0.3 is 0 Å². The number of phenols is 1. The Hall–Kier alpha value is -1.66. The summed E-state index contributed by atoms with van der Waals surface area (Å²) >= 11 is 0. The number of hydrogen-bond donors (Lipinski definition) is 1. The van der Waals surface area contributed by atoms with Gasteiger partial charge in [0.2, 0.25) is 0 Å². The smallest absolute Gasteiger partial charge is 0.160 e. The van der Waals surface area contributed by atoms with Gasteiger partial charge in [-0.2, -0.15) is 0 Å². The molecule has 1 heterocycles. The Morgan fingerprint density at radius 3 is 2.67 bits per heavy atom. The number of likely N-dealkylation sites (tertiary alicyclic amines) is 1. The third kappa shape index (κ3) is 4.68. The molecule has 1 N–H and O–H groups in total. The van der Waals surface area contributed by atoms with Crippen LogP contribution in [0.25, 0.3) is 0 Å². The number of aromatic hydroxyl groups is 1. The van der Waals surface area contributed by atoms with Crippen LogP contribution in [0.5, 0.6) is 11.5 Å². The summed E-state index contributed by atoms with van der Waals surface area (Å²) < 4.78 is 6.23. The molecule has 0 aliphatic carbocycles. The third-order valence-electron chi connectivity index (χ3n) is 4.31. The number of hydrogen-bond acceptors (Lipinski definition) is 2. The zero-order valence-electron chi connectivity index (χ0n) is 13.2. The highest BCUT2D eigenvalue weighted by Gasteiger charge is 2.23. The zero-order valence-corrected chi connectivity index (χ0v) is 13.2. The van der Waals surface area contributed by atoms with Gasteiger partial charge < -0.3 is 14.3 Å². The van der Waals surface area contributed by atoms with Gasteiger partial charge in [0.1, 0.15) is 0 Å². The fraction of sp³-hybridized carbons (Fsp3) is 0.556. The maximum Gasteiger partial charge on any atom is 0.160 e. The van der Waals surface area contributed by atoms with E-state index in [0.717, 1.165) is 18.4 Å². The van der Waals surface area contributed by atoms with Gasteiger partial charge in [-0.05, 0) is 37.5 Å². The molecular weight excluding hydrogens is 262 g/mol. The van der Waals surface area contributed by atoms with Crippen LogP contribution in [0.4, 0.5) is 0 Å². The highest BCUT2D eigenvalue weighted by molar-refractivity contribution is 5.47. The molecule has 1 aliphatic rings. The molecule has 0 aromatic heterocycles. The molecule has 114 valence electrons. The van der Waals surface area contributed by atoms with Crippen LogP contribution < -0.4 is 4.74 Å². The second-order valence-corrected chi connectivity index (χ2v) is 6.14. The number of ether oxygens (including phenoxy) is 1. The van der Waals surface area contributed by atoms with E-state index >= 15 is 0 Å². The highest BCUT2D eigenvalue weighted by atomic mass is 16.5. The lowest BCUT2D eigenvalue weighted by Gasteiger charge is -2.37. The summed E-state index contributed by atoms with van der Waals surface area (Å²) in [7, 11) is 3.92. The summed E-state index contributed by atoms with van der Waals surface area (Å²) in [6, 6.07) is 5.29. The quantitative estimate of drug-likeness (QED) is 0.524. The lowest BCUT2D eigenvalue weighted by molar-refractivity contribution is -0.914. The lowest BCUT2D eigenvalue weighted by Crippen LogP contribution is -2.48. The Morgan fingerprint density at radius 1 is 1.24 bits per heavy atom. The molecule has 21 heavy (non-hydrogen) atoms. The van der Waals surface area contributed by atoms with Crippen LogP contribution in [0.1, 0.15) is 37.7 Å². The van der Waals surface area contributed by atoms with E-state index in [0.29, 0.717) is 5.75 Å². The molecule has 0 amide bonds. The number of rotatable bonds is 4. The van der Waals surface area contributed by atoms with Gasteiger partial charge in [0.25, 0.3) is 0 Å². The standard InChI is InChI=1S/C18H25NO2/c1-19(13-7-4-8-14-19)12-6-3-5-9-16-10-11-18(21-2)17(20)15-16/h10-11,15H,3-4,6-8,12-14H2,1-2H3/p+1. The molecule has 0 spiro atoms. The summed E-state index contributed by atoms with van der Waals surface area (Å²) in [4.78, 5) is 0. The van der Waals surface area contributed by atoms with Gasteiger partial charge in [-0.1, -0.05) is 11.8 Å². The van der Waals surface area contributed by atoms with Crippen molar-refractivity contribution in [3.8, 4) is 23.3 Å². The van der Waals surface area contributed by atoms with E-state index in [2.05, 4.69) is 18.9 Å². The van der Waals surface area contributed by atoms with Crippen LogP contribution in [0, 0.1) is 11.8 Å². The average molecular weight is 288 g/mol. The zero-order chi connectivity index (χ0) is 15.1. The van der Waals surface area contributed by atoms with Gasteiger partial charge in [-0.3, -0.25) is 0 Å². The first-order chi connectivity index (χ1) is 10.1. The molecule has 0 bridgehead atoms. The summed E-state index contributed by atoms with van der Waals surface area (Å²) in [5.41, 5.74) is 0.840. The predicted molar refractivity (Wildman–Crippen MR) is 85.4 cm³/mol. The Balaban J connectivity index is 1.80. The molecule has 0 atom stereocenters. The molecule has 1 aromatic rings. The molecular formula is C18H26NO2+. The average Bonchev–Trinajstić information content (AvgIpc) is 2.48. The summed E-state index contributed by atoms with van der Waals surface area (Å²) in [5, 5.41) is 9.70. The molecule has 3 heteroatoms. The van der Waals surface area contributed by atoms with Crippen molar-refractivity contribution in [3.63, 3.8) is 0 Å². The molecule has 3 nitrogen and oxygen atoms in total. The number of benzene rings is 1. The molecule has 0 saturated carbocycles. The highest BCUT2D eigenvalue weighted by Crippen LogP contribution is 2.25. The van der Waals surface area contributed by atoms with Crippen LogP contribution in [0.3, 0.4) is 0 Å². The molecule has 1 saturated heterocycles. The summed E-state index contributed by atoms with van der Waals surface area (Å²) in [6.45, 7) is 3.86. The van der Waals surface area contributed by atoms with Crippen molar-refractivity contribution >= 4 is 0 Å². The predicted octanol–water partition coefficient (Wildman–Crippen LogP) is 3.16. The third-order valence-corrected chi connectivity index (χ3v) is 4.31. The number of nitrogens with zero attached hydrogens (tertiary/aromatic N) is 1. The van der Waals surface area contributed by atoms with E-state index in [9.17, 15) is 5.11 Å². The first-order valence-corrected chi connectivity index (χ1v) is 7.82. The second kappa shape index (κ2) is 7.38. The summed E-state index contributed by atoms with van der Waals surface area (Å²) in [5.74, 6) is 6.96. The second-order valence-electron chi connectivity index (χ2n) is 6.14. The van der Waals surface area contributed by atoms with Crippen molar-refractivity contribution in [2.75, 3.05) is 33.8 Å². The van der Waals surface area contributed by atoms with Gasteiger partial charge in [0.15, 0.2) is 11.5 Å². The number of piperidine rings is 1. The van der Waals surface area contributed by atoms with Crippen LogP contribution in [0.2, 0.25) is 0 Å². The first-order valence-electron chi connectivity index (χ1n) is 7.82. The van der Waals surface area contributed by atoms with Crippen molar-refractivity contribution in [2.45, 2.75) is 32.1 Å². The Labute approximate surface area is 128 Å². The van der Waals surface area contributed by atoms with E-state index in [1.807, 2.05) is 6.07 Å². The largest absolute Gasteiger partial charge is 0.504 e. The Morgan fingerprint density at radius 2 is 2.00 bits per heavy atom. The van der Waals surface area contributed by atoms with Crippen molar-refractivity contribution in [1.82, 2.24) is 0 Å². The first kappa shape index (κ1) is 15.7. The summed E-state index contributed by atoms with van der Waals surface area (Å²) in [6.07, 6.45) is 6.20. The maximum atomic E-state index is 9.70. The van der Waals surface area contributed by atoms with Gasteiger partial charge in [0, 0.05) is 18.4 Å². The minimum Gasteiger partial charge on any atom is -0.504 e. The van der Waals surface area contributed by atoms with Crippen LogP contribution in [-0.4, -0.2) is 43.4 Å². The molecule has 1 aromatic carbocycles. The Kier molecular flexibility index (Phi) is 5.52. The van der Waals surface area contributed by atoms with Gasteiger partial charge in [-0.25, -0.2) is 0 Å². The number of phenolic OH excluding ortho intramolecular Hbond substituents is 1. The van der Waals surface area contributed by atoms with Gasteiger partial charge in [-0.15, -0.1) is 0 Å². The monoisotopic (exact) mass is 288 g/mol. The minimum absolute atomic E-state index is 0.149. The lowest BCUT2D eigenvalue weighted by atomic mass is 10.1. The van der Waals surface area contributed by atoms with E-state index in [4.69, 9.17) is 4.74 Å². The fourth-order valence-corrected chi connectivity index (χ4v) is 2.98. The maximum absolute atomic E-state index is 9.70. The fourth-order valence-electron chi connectivity index (χ4n) is 2.98. The van der Waals surface area contributed by atoms with E-state index in [-0.39, 0.29) is 5.75 Å². The van der Waals surface area contributed by atoms with Crippen LogP contribution in [0.15, 0.2) is 18.2 Å². The van der Waals surface area contributed by atoms with Gasteiger partial charge in [0.05, 0.1) is 33.8 Å². The molecule has 0 unspecified atom stereocenters. The normalized spacial score (nSPS) is 16.9. The van der Waals surface area contributed by atoms with Crippen molar-refractivity contribution in [3.05, 3.63) is 23.8 Å². The molecule has 2 rings (SSSR count). The van der Waals surface area contributed by atoms with Crippen molar-refractivity contribution in [1.29, 1.82) is 0 Å². The molecule has 1 fully saturated rings. The minimum atomic E-state index is 0.149. The van der Waals surface area contributed by atoms with E-state index < -0.39 is 0 Å². The number of quaternary nitrogens is 1. The van der Waals surface area contributed by atoms with E-state index in [1.54, 1.807) is 19.2 Å². The van der Waals surface area contributed by atoms with Crippen LogP contribution in [-0.2, 0) is 0 Å². The molecule has 1 aliphatic heterocycles. The van der Waals surface area contributed by atoms with Crippen LogP contribution >= 0.6 is 0 Å². The Bertz CT molecular complexity index is 522. The SMILES string of the molecule is COc1ccc(C#CCCC[N+]2(C)CCCCC2)cc1O. The van der Waals surface area contributed by atoms with Crippen molar-refractivity contribution < 1.29 is 14.3 Å².